The monoisotopic (exact) mass is 340 g/mol. The first-order valence-corrected chi connectivity index (χ1v) is 8.08. The van der Waals surface area contributed by atoms with E-state index in [0.29, 0.717) is 37.1 Å². The third-order valence-electron chi connectivity index (χ3n) is 4.50. The fraction of sp³-hybridized carbons (Fsp3) is 0.222. The molecule has 0 radical (unpaired) electrons. The molecule has 1 aliphatic heterocycles. The van der Waals surface area contributed by atoms with E-state index in [1.807, 2.05) is 0 Å². The number of fused-ring (bicyclic) bond motifs is 1. The third-order valence-corrected chi connectivity index (χ3v) is 4.50. The zero-order valence-corrected chi connectivity index (χ0v) is 13.4. The molecule has 7 heteroatoms. The van der Waals surface area contributed by atoms with Gasteiger partial charge in [0, 0.05) is 43.3 Å². The maximum atomic E-state index is 13.5. The number of aromatic amines is 1. The van der Waals surface area contributed by atoms with Gasteiger partial charge in [0.2, 0.25) is 0 Å². The zero-order chi connectivity index (χ0) is 17.4. The summed E-state index contributed by atoms with van der Waals surface area (Å²) in [5, 5.41) is 9.92. The second-order valence-electron chi connectivity index (χ2n) is 6.05. The van der Waals surface area contributed by atoms with Crippen LogP contribution in [0.2, 0.25) is 0 Å². The number of aromatic nitrogens is 2. The van der Waals surface area contributed by atoms with Crippen LogP contribution >= 0.6 is 0 Å². The number of benzene rings is 1. The van der Waals surface area contributed by atoms with Gasteiger partial charge < -0.3 is 19.9 Å². The molecular formula is C18H17FN4O2. The molecule has 0 atom stereocenters. The number of hydrogen-bond acceptors (Lipinski definition) is 4. The van der Waals surface area contributed by atoms with E-state index in [1.54, 1.807) is 29.3 Å². The summed E-state index contributed by atoms with van der Waals surface area (Å²) >= 11 is 0. The van der Waals surface area contributed by atoms with E-state index in [4.69, 9.17) is 0 Å². The average molecular weight is 340 g/mol. The minimum atomic E-state index is -0.357. The third kappa shape index (κ3) is 2.88. The van der Waals surface area contributed by atoms with E-state index in [9.17, 15) is 14.3 Å². The highest BCUT2D eigenvalue weighted by Gasteiger charge is 2.24. The maximum absolute atomic E-state index is 13.5. The average Bonchev–Trinajstić information content (AvgIpc) is 3.05. The minimum Gasteiger partial charge on any atom is -0.506 e. The molecule has 25 heavy (non-hydrogen) atoms. The Hall–Kier alpha value is -3.09. The van der Waals surface area contributed by atoms with Crippen molar-refractivity contribution in [2.24, 2.45) is 0 Å². The van der Waals surface area contributed by atoms with E-state index in [2.05, 4.69) is 14.9 Å². The van der Waals surface area contributed by atoms with Crippen molar-refractivity contribution in [3.8, 4) is 5.75 Å². The number of carbonyl (C=O) groups excluding carboxylic acids is 1. The number of nitrogens with one attached hydrogen (secondary N) is 1. The summed E-state index contributed by atoms with van der Waals surface area (Å²) in [5.41, 5.74) is 1.24. The van der Waals surface area contributed by atoms with Crippen molar-refractivity contribution in [3.63, 3.8) is 0 Å². The van der Waals surface area contributed by atoms with Gasteiger partial charge in [-0.1, -0.05) is 0 Å². The summed E-state index contributed by atoms with van der Waals surface area (Å²) in [4.78, 5) is 23.8. The number of hydrogen-bond donors (Lipinski definition) is 2. The fourth-order valence-electron chi connectivity index (χ4n) is 3.14. The van der Waals surface area contributed by atoms with Crippen LogP contribution in [0.5, 0.6) is 5.75 Å². The van der Waals surface area contributed by atoms with Crippen LogP contribution in [0.4, 0.5) is 10.2 Å². The van der Waals surface area contributed by atoms with E-state index in [-0.39, 0.29) is 17.5 Å². The number of aromatic hydroxyl groups is 1. The maximum Gasteiger partial charge on any atom is 0.256 e. The van der Waals surface area contributed by atoms with Gasteiger partial charge in [-0.2, -0.15) is 0 Å². The fourth-order valence-corrected chi connectivity index (χ4v) is 3.14. The van der Waals surface area contributed by atoms with Gasteiger partial charge in [-0.15, -0.1) is 0 Å². The van der Waals surface area contributed by atoms with E-state index < -0.39 is 0 Å². The Morgan fingerprint density at radius 1 is 1.16 bits per heavy atom. The van der Waals surface area contributed by atoms with Gasteiger partial charge in [-0.3, -0.25) is 4.79 Å². The SMILES string of the molecule is O=C(c1c[nH]c2ccc(F)cc12)N1CCN(c2ccc(O)cn2)CC1. The van der Waals surface area contributed by atoms with Crippen molar-refractivity contribution in [1.82, 2.24) is 14.9 Å². The Kier molecular flexibility index (Phi) is 3.76. The number of H-pyrrole nitrogens is 1. The Bertz CT molecular complexity index is 914. The van der Waals surface area contributed by atoms with Gasteiger partial charge in [0.05, 0.1) is 11.8 Å². The van der Waals surface area contributed by atoms with Gasteiger partial charge in [-0.25, -0.2) is 9.37 Å². The van der Waals surface area contributed by atoms with Crippen LogP contribution in [-0.2, 0) is 0 Å². The first kappa shape index (κ1) is 15.4. The molecule has 1 fully saturated rings. The van der Waals surface area contributed by atoms with Crippen molar-refractivity contribution < 1.29 is 14.3 Å². The van der Waals surface area contributed by atoms with Crippen LogP contribution in [0, 0.1) is 5.82 Å². The van der Waals surface area contributed by atoms with Gasteiger partial charge >= 0.3 is 0 Å². The lowest BCUT2D eigenvalue weighted by molar-refractivity contribution is 0.0748. The number of pyridine rings is 1. The predicted molar refractivity (Wildman–Crippen MR) is 92.3 cm³/mol. The Morgan fingerprint density at radius 2 is 1.96 bits per heavy atom. The number of amides is 1. The van der Waals surface area contributed by atoms with Crippen molar-refractivity contribution in [2.45, 2.75) is 0 Å². The summed E-state index contributed by atoms with van der Waals surface area (Å²) in [6, 6.07) is 7.75. The molecule has 1 aromatic carbocycles. The number of carbonyl (C=O) groups is 1. The summed E-state index contributed by atoms with van der Waals surface area (Å²) < 4.78 is 13.5. The number of rotatable bonds is 2. The molecule has 0 unspecified atom stereocenters. The van der Waals surface area contributed by atoms with Crippen molar-refractivity contribution in [1.29, 1.82) is 0 Å². The highest BCUT2D eigenvalue weighted by Crippen LogP contribution is 2.22. The van der Waals surface area contributed by atoms with E-state index >= 15 is 0 Å². The normalized spacial score (nSPS) is 14.9. The number of piperazine rings is 1. The van der Waals surface area contributed by atoms with Crippen molar-refractivity contribution >= 4 is 22.6 Å². The molecule has 0 aliphatic carbocycles. The summed E-state index contributed by atoms with van der Waals surface area (Å²) in [5.74, 6) is 0.447. The molecule has 0 spiro atoms. The highest BCUT2D eigenvalue weighted by atomic mass is 19.1. The number of nitrogens with zero attached hydrogens (tertiary/aromatic N) is 3. The van der Waals surface area contributed by atoms with Crippen LogP contribution in [0.3, 0.4) is 0 Å². The van der Waals surface area contributed by atoms with Gasteiger partial charge in [0.15, 0.2) is 0 Å². The van der Waals surface area contributed by atoms with Crippen molar-refractivity contribution in [3.05, 3.63) is 54.1 Å². The quantitative estimate of drug-likeness (QED) is 0.751. The predicted octanol–water partition coefficient (Wildman–Crippen LogP) is 2.37. The van der Waals surface area contributed by atoms with E-state index in [0.717, 1.165) is 11.3 Å². The molecule has 0 bridgehead atoms. The molecule has 128 valence electrons. The Labute approximate surface area is 143 Å². The molecule has 4 rings (SSSR count). The smallest absolute Gasteiger partial charge is 0.256 e. The van der Waals surface area contributed by atoms with Crippen LogP contribution in [0.15, 0.2) is 42.7 Å². The van der Waals surface area contributed by atoms with Crippen LogP contribution in [0.1, 0.15) is 10.4 Å². The molecule has 2 N–H and O–H groups in total. The lowest BCUT2D eigenvalue weighted by atomic mass is 10.1. The summed E-state index contributed by atoms with van der Waals surface area (Å²) in [6.45, 7) is 2.42. The highest BCUT2D eigenvalue weighted by molar-refractivity contribution is 6.06. The largest absolute Gasteiger partial charge is 0.506 e. The van der Waals surface area contributed by atoms with Gasteiger partial charge in [-0.05, 0) is 30.3 Å². The Morgan fingerprint density at radius 3 is 2.68 bits per heavy atom. The number of halogens is 1. The van der Waals surface area contributed by atoms with Crippen LogP contribution < -0.4 is 4.90 Å². The zero-order valence-electron chi connectivity index (χ0n) is 13.4. The summed E-state index contributed by atoms with van der Waals surface area (Å²) in [6.07, 6.45) is 3.05. The van der Waals surface area contributed by atoms with Crippen molar-refractivity contribution in [2.75, 3.05) is 31.1 Å². The van der Waals surface area contributed by atoms with Crippen LogP contribution in [0.25, 0.3) is 10.9 Å². The molecule has 0 saturated carbocycles. The van der Waals surface area contributed by atoms with Gasteiger partial charge in [0.1, 0.15) is 17.4 Å². The first-order chi connectivity index (χ1) is 12.1. The molecule has 1 aliphatic rings. The van der Waals surface area contributed by atoms with Gasteiger partial charge in [0.25, 0.3) is 5.91 Å². The van der Waals surface area contributed by atoms with E-state index in [1.165, 1.54) is 18.3 Å². The Balaban J connectivity index is 1.49. The molecular weight excluding hydrogens is 323 g/mol. The molecule has 2 aromatic heterocycles. The molecule has 3 heterocycles. The van der Waals surface area contributed by atoms with Crippen LogP contribution in [-0.4, -0.2) is 52.1 Å². The lowest BCUT2D eigenvalue weighted by Crippen LogP contribution is -2.49. The lowest BCUT2D eigenvalue weighted by Gasteiger charge is -2.35. The second kappa shape index (κ2) is 6.08. The topological polar surface area (TPSA) is 72.5 Å². The molecule has 1 saturated heterocycles. The molecule has 3 aromatic rings. The molecule has 6 nitrogen and oxygen atoms in total. The molecule has 1 amide bonds. The first-order valence-electron chi connectivity index (χ1n) is 8.08. The minimum absolute atomic E-state index is 0.102. The second-order valence-corrected chi connectivity index (χ2v) is 6.05. The standard InChI is InChI=1S/C18H17FN4O2/c19-12-1-3-16-14(9-12)15(11-20-16)18(25)23-7-5-22(6-8-23)17-4-2-13(24)10-21-17/h1-4,9-11,20,24H,5-8H2. The summed E-state index contributed by atoms with van der Waals surface area (Å²) in [7, 11) is 0. The number of anilines is 1.